The van der Waals surface area contributed by atoms with Gasteiger partial charge < -0.3 is 14.4 Å². The van der Waals surface area contributed by atoms with Crippen molar-refractivity contribution in [1.82, 2.24) is 0 Å². The average molecular weight is 416 g/mol. The molecule has 0 unspecified atom stereocenters. The van der Waals surface area contributed by atoms with Gasteiger partial charge in [0.2, 0.25) is 5.91 Å². The molecule has 0 aliphatic carbocycles. The van der Waals surface area contributed by atoms with Crippen molar-refractivity contribution >= 4 is 40.9 Å². The largest absolute Gasteiger partial charge is 0.465 e. The van der Waals surface area contributed by atoms with Crippen LogP contribution < -0.4 is 4.90 Å². The minimum atomic E-state index is -0.666. The smallest absolute Gasteiger partial charge is 0.337 e. The topological polar surface area (TPSA) is 90.0 Å². The van der Waals surface area contributed by atoms with Crippen molar-refractivity contribution in [3.8, 4) is 0 Å². The van der Waals surface area contributed by atoms with Gasteiger partial charge in [-0.2, -0.15) is 0 Å². The molecule has 1 aliphatic rings. The number of ether oxygens (including phenoxy) is 2. The summed E-state index contributed by atoms with van der Waals surface area (Å²) in [6.07, 6.45) is -0.00722. The summed E-state index contributed by atoms with van der Waals surface area (Å²) in [7, 11) is 1.29. The van der Waals surface area contributed by atoms with Crippen molar-refractivity contribution in [3.05, 3.63) is 64.7 Å². The minimum Gasteiger partial charge on any atom is -0.465 e. The van der Waals surface area contributed by atoms with Gasteiger partial charge in [0.1, 0.15) is 0 Å². The molecule has 2 aromatic rings. The van der Waals surface area contributed by atoms with E-state index in [9.17, 15) is 19.2 Å². The van der Waals surface area contributed by atoms with Crippen LogP contribution in [0.15, 0.2) is 48.5 Å². The molecule has 2 aromatic carbocycles. The van der Waals surface area contributed by atoms with Crippen molar-refractivity contribution in [2.24, 2.45) is 5.92 Å². The Morgan fingerprint density at radius 1 is 1.03 bits per heavy atom. The van der Waals surface area contributed by atoms with Gasteiger partial charge >= 0.3 is 11.9 Å². The fourth-order valence-corrected chi connectivity index (χ4v) is 3.11. The van der Waals surface area contributed by atoms with Gasteiger partial charge in [0.05, 0.1) is 18.6 Å². The van der Waals surface area contributed by atoms with Gasteiger partial charge in [-0.25, -0.2) is 4.79 Å². The van der Waals surface area contributed by atoms with Gasteiger partial charge in [0.25, 0.3) is 0 Å². The number of carbonyl (C=O) groups excluding carboxylic acids is 4. The molecule has 0 N–H and O–H groups in total. The molecular weight excluding hydrogens is 398 g/mol. The van der Waals surface area contributed by atoms with E-state index in [-0.39, 0.29) is 24.7 Å². The number of nitrogens with zero attached hydrogens (tertiary/aromatic N) is 1. The van der Waals surface area contributed by atoms with Gasteiger partial charge in [-0.1, -0.05) is 11.6 Å². The van der Waals surface area contributed by atoms with Crippen LogP contribution >= 0.6 is 11.6 Å². The Bertz CT molecular complexity index is 939. The van der Waals surface area contributed by atoms with Gasteiger partial charge in [-0.3, -0.25) is 14.4 Å². The van der Waals surface area contributed by atoms with E-state index in [0.29, 0.717) is 21.8 Å². The number of Topliss-reactive ketones (excluding diaryl/α,β-unsaturated/α-hetero) is 1. The number of carbonyl (C=O) groups is 4. The van der Waals surface area contributed by atoms with Crippen LogP contribution in [-0.2, 0) is 19.1 Å². The van der Waals surface area contributed by atoms with Gasteiger partial charge in [-0.15, -0.1) is 0 Å². The zero-order valence-corrected chi connectivity index (χ0v) is 16.3. The number of halogens is 1. The summed E-state index contributed by atoms with van der Waals surface area (Å²) in [5.74, 6) is -2.33. The molecule has 1 fully saturated rings. The summed E-state index contributed by atoms with van der Waals surface area (Å²) >= 11 is 5.78. The lowest BCUT2D eigenvalue weighted by Crippen LogP contribution is -2.27. The summed E-state index contributed by atoms with van der Waals surface area (Å²) in [6.45, 7) is -0.261. The van der Waals surface area contributed by atoms with Crippen molar-refractivity contribution in [1.29, 1.82) is 0 Å². The summed E-state index contributed by atoms with van der Waals surface area (Å²) in [5, 5.41) is 0.503. The number of anilines is 1. The van der Waals surface area contributed by atoms with Gasteiger partial charge in [0, 0.05) is 29.2 Å². The zero-order valence-electron chi connectivity index (χ0n) is 15.6. The standard InChI is InChI=1S/C21H18ClNO6/c1-28-20(26)14-4-8-17(9-5-14)23-11-15(10-19(23)25)21(27)29-12-18(24)13-2-6-16(22)7-3-13/h2-9,15H,10-12H2,1H3/t15-/m0/s1. The molecule has 0 aromatic heterocycles. The monoisotopic (exact) mass is 415 g/mol. The maximum atomic E-state index is 12.3. The Kier molecular flexibility index (Phi) is 6.29. The van der Waals surface area contributed by atoms with Gasteiger partial charge in [-0.05, 0) is 48.5 Å². The first-order valence-corrected chi connectivity index (χ1v) is 9.21. The van der Waals surface area contributed by atoms with E-state index < -0.39 is 24.5 Å². The van der Waals surface area contributed by atoms with Crippen molar-refractivity contribution in [2.45, 2.75) is 6.42 Å². The van der Waals surface area contributed by atoms with E-state index in [1.807, 2.05) is 0 Å². The number of hydrogen-bond acceptors (Lipinski definition) is 6. The Balaban J connectivity index is 1.57. The highest BCUT2D eigenvalue weighted by molar-refractivity contribution is 6.30. The molecule has 150 valence electrons. The summed E-state index contributed by atoms with van der Waals surface area (Å²) in [5.41, 5.74) is 1.31. The quantitative estimate of drug-likeness (QED) is 0.532. The van der Waals surface area contributed by atoms with E-state index in [4.69, 9.17) is 16.3 Å². The second-order valence-electron chi connectivity index (χ2n) is 6.48. The third-order valence-electron chi connectivity index (χ3n) is 4.57. The molecule has 1 aliphatic heterocycles. The molecule has 0 spiro atoms. The molecular formula is C21H18ClNO6. The number of hydrogen-bond donors (Lipinski definition) is 0. The maximum absolute atomic E-state index is 12.3. The number of methoxy groups -OCH3 is 1. The highest BCUT2D eigenvalue weighted by atomic mass is 35.5. The molecule has 7 nitrogen and oxygen atoms in total. The van der Waals surface area contributed by atoms with E-state index in [2.05, 4.69) is 4.74 Å². The number of ketones is 1. The van der Waals surface area contributed by atoms with Crippen LogP contribution in [-0.4, -0.2) is 43.9 Å². The third kappa shape index (κ3) is 4.81. The Hall–Kier alpha value is -3.19. The van der Waals surface area contributed by atoms with Crippen LogP contribution in [0.2, 0.25) is 5.02 Å². The van der Waals surface area contributed by atoms with E-state index in [1.54, 1.807) is 48.5 Å². The van der Waals surface area contributed by atoms with Gasteiger partial charge in [0.15, 0.2) is 12.4 Å². The van der Waals surface area contributed by atoms with Crippen LogP contribution in [0.4, 0.5) is 5.69 Å². The van der Waals surface area contributed by atoms with Crippen molar-refractivity contribution in [3.63, 3.8) is 0 Å². The second-order valence-corrected chi connectivity index (χ2v) is 6.92. The van der Waals surface area contributed by atoms with Crippen molar-refractivity contribution < 1.29 is 28.7 Å². The molecule has 1 amide bonds. The molecule has 1 saturated heterocycles. The molecule has 1 heterocycles. The molecule has 1 atom stereocenters. The zero-order chi connectivity index (χ0) is 21.0. The van der Waals surface area contributed by atoms with Crippen LogP contribution in [0.5, 0.6) is 0 Å². The normalized spacial score (nSPS) is 15.9. The number of esters is 2. The highest BCUT2D eigenvalue weighted by Crippen LogP contribution is 2.26. The average Bonchev–Trinajstić information content (AvgIpc) is 3.13. The lowest BCUT2D eigenvalue weighted by Gasteiger charge is -2.16. The van der Waals surface area contributed by atoms with Crippen LogP contribution in [0.3, 0.4) is 0 Å². The molecule has 29 heavy (non-hydrogen) atoms. The van der Waals surface area contributed by atoms with E-state index in [1.165, 1.54) is 12.0 Å². The molecule has 3 rings (SSSR count). The lowest BCUT2D eigenvalue weighted by atomic mass is 10.1. The first-order chi connectivity index (χ1) is 13.9. The number of amides is 1. The van der Waals surface area contributed by atoms with E-state index >= 15 is 0 Å². The predicted octanol–water partition coefficient (Wildman–Crippen LogP) is 2.91. The predicted molar refractivity (Wildman–Crippen MR) is 105 cm³/mol. The SMILES string of the molecule is COC(=O)c1ccc(N2C[C@@H](C(=O)OCC(=O)c3ccc(Cl)cc3)CC2=O)cc1. The lowest BCUT2D eigenvalue weighted by molar-refractivity contribution is -0.147. The van der Waals surface area contributed by atoms with Crippen LogP contribution in [0.25, 0.3) is 0 Å². The summed E-state index contributed by atoms with van der Waals surface area (Å²) < 4.78 is 9.75. The Labute approximate surface area is 172 Å². The Morgan fingerprint density at radius 3 is 2.28 bits per heavy atom. The minimum absolute atomic E-state index is 0.00722. The van der Waals surface area contributed by atoms with Crippen LogP contribution in [0.1, 0.15) is 27.1 Å². The molecule has 0 bridgehead atoms. The maximum Gasteiger partial charge on any atom is 0.337 e. The number of rotatable bonds is 6. The fraction of sp³-hybridized carbons (Fsp3) is 0.238. The van der Waals surface area contributed by atoms with Crippen LogP contribution in [0, 0.1) is 5.92 Å². The summed E-state index contributed by atoms with van der Waals surface area (Å²) in [4.78, 5) is 49.7. The first kappa shape index (κ1) is 20.5. The molecule has 0 radical (unpaired) electrons. The fourth-order valence-electron chi connectivity index (χ4n) is 2.98. The molecule has 8 heteroatoms. The molecule has 0 saturated carbocycles. The second kappa shape index (κ2) is 8.87. The van der Waals surface area contributed by atoms with E-state index in [0.717, 1.165) is 0 Å². The first-order valence-electron chi connectivity index (χ1n) is 8.83. The summed E-state index contributed by atoms with van der Waals surface area (Å²) in [6, 6.07) is 12.6. The number of benzene rings is 2. The third-order valence-corrected chi connectivity index (χ3v) is 4.82. The van der Waals surface area contributed by atoms with Crippen molar-refractivity contribution in [2.75, 3.05) is 25.2 Å². The highest BCUT2D eigenvalue weighted by Gasteiger charge is 2.36. The Morgan fingerprint density at radius 2 is 1.66 bits per heavy atom.